The van der Waals surface area contributed by atoms with Gasteiger partial charge in [-0.3, -0.25) is 4.79 Å². The van der Waals surface area contributed by atoms with Gasteiger partial charge in [-0.15, -0.1) is 11.3 Å². The average Bonchev–Trinajstić information content (AvgIpc) is 3.01. The highest BCUT2D eigenvalue weighted by Crippen LogP contribution is 2.38. The summed E-state index contributed by atoms with van der Waals surface area (Å²) < 4.78 is 0. The zero-order chi connectivity index (χ0) is 19.7. The quantitative estimate of drug-likeness (QED) is 0.615. The second-order valence-electron chi connectivity index (χ2n) is 7.62. The van der Waals surface area contributed by atoms with E-state index in [1.165, 1.54) is 16.0 Å². The predicted octanol–water partition coefficient (Wildman–Crippen LogP) is 5.28. The van der Waals surface area contributed by atoms with Crippen LogP contribution >= 0.6 is 11.3 Å². The molecule has 5 nitrogen and oxygen atoms in total. The van der Waals surface area contributed by atoms with E-state index in [0.29, 0.717) is 19.4 Å². The third-order valence-corrected chi connectivity index (χ3v) is 6.89. The Hall–Kier alpha value is -2.47. The number of rotatable bonds is 5. The molecule has 3 aromatic rings. The molecule has 1 saturated carbocycles. The molecule has 1 aliphatic rings. The first-order valence-corrected chi connectivity index (χ1v) is 10.6. The summed E-state index contributed by atoms with van der Waals surface area (Å²) in [6.07, 6.45) is 3.08. The molecule has 146 valence electrons. The smallest absolute Gasteiger partial charge is 0.306 e. The summed E-state index contributed by atoms with van der Waals surface area (Å²) in [6, 6.07) is 10.3. The molecular formula is C22H25N3O2S. The summed E-state index contributed by atoms with van der Waals surface area (Å²) in [6.45, 7) is 4.97. The van der Waals surface area contributed by atoms with E-state index >= 15 is 0 Å². The fourth-order valence-corrected chi connectivity index (χ4v) is 4.99. The van der Waals surface area contributed by atoms with E-state index in [1.54, 1.807) is 11.3 Å². The van der Waals surface area contributed by atoms with Gasteiger partial charge in [-0.25, -0.2) is 9.97 Å². The number of thiophene rings is 1. The highest BCUT2D eigenvalue weighted by atomic mass is 32.1. The van der Waals surface area contributed by atoms with Crippen LogP contribution < -0.4 is 5.32 Å². The molecule has 1 aliphatic carbocycles. The van der Waals surface area contributed by atoms with Crippen molar-refractivity contribution >= 4 is 33.3 Å². The second kappa shape index (κ2) is 7.87. The molecule has 6 heteroatoms. The summed E-state index contributed by atoms with van der Waals surface area (Å²) in [5.41, 5.74) is 2.44. The molecule has 0 atom stereocenters. The van der Waals surface area contributed by atoms with Crippen molar-refractivity contribution in [1.29, 1.82) is 0 Å². The Morgan fingerprint density at radius 3 is 2.54 bits per heavy atom. The first kappa shape index (κ1) is 18.9. The Bertz CT molecular complexity index is 992. The third kappa shape index (κ3) is 3.74. The Kier molecular flexibility index (Phi) is 5.31. The summed E-state index contributed by atoms with van der Waals surface area (Å²) in [4.78, 5) is 23.3. The number of anilines is 1. The van der Waals surface area contributed by atoms with Crippen LogP contribution in [0.2, 0.25) is 0 Å². The van der Waals surface area contributed by atoms with E-state index in [4.69, 9.17) is 9.97 Å². The molecule has 0 aliphatic heterocycles. The van der Waals surface area contributed by atoms with Crippen molar-refractivity contribution < 1.29 is 9.90 Å². The molecule has 0 unspecified atom stereocenters. The number of nitrogens with zero attached hydrogens (tertiary/aromatic N) is 2. The first-order chi connectivity index (χ1) is 13.5. The number of nitrogens with one attached hydrogen (secondary N) is 1. The zero-order valence-corrected chi connectivity index (χ0v) is 17.1. The lowest BCUT2D eigenvalue weighted by Gasteiger charge is -2.25. The fraction of sp³-hybridized carbons (Fsp3) is 0.409. The van der Waals surface area contributed by atoms with E-state index in [2.05, 4.69) is 31.3 Å². The molecule has 2 aromatic heterocycles. The standard InChI is InChI=1S/C22H25N3O2S/c1-13-14(2)28-21-18(13)20(23-12-15-6-4-3-5-7-15)24-19(25-21)16-8-10-17(11-9-16)22(26)27/h3-7,16-17H,8-12H2,1-2H3,(H,26,27)(H,23,24,25). The van der Waals surface area contributed by atoms with Gasteiger partial charge in [0.2, 0.25) is 0 Å². The Morgan fingerprint density at radius 1 is 1.14 bits per heavy atom. The minimum Gasteiger partial charge on any atom is -0.481 e. The molecule has 0 radical (unpaired) electrons. The second-order valence-corrected chi connectivity index (χ2v) is 8.82. The lowest BCUT2D eigenvalue weighted by molar-refractivity contribution is -0.142. The van der Waals surface area contributed by atoms with Gasteiger partial charge in [0.1, 0.15) is 16.5 Å². The molecular weight excluding hydrogens is 370 g/mol. The molecule has 0 bridgehead atoms. The van der Waals surface area contributed by atoms with Crippen LogP contribution in [-0.4, -0.2) is 21.0 Å². The Labute approximate surface area is 168 Å². The van der Waals surface area contributed by atoms with Gasteiger partial charge in [-0.1, -0.05) is 30.3 Å². The lowest BCUT2D eigenvalue weighted by atomic mass is 9.81. The highest BCUT2D eigenvalue weighted by Gasteiger charge is 2.29. The van der Waals surface area contributed by atoms with Crippen molar-refractivity contribution in [2.75, 3.05) is 5.32 Å². The van der Waals surface area contributed by atoms with Gasteiger partial charge in [0, 0.05) is 17.3 Å². The molecule has 4 rings (SSSR count). The molecule has 2 heterocycles. The maximum Gasteiger partial charge on any atom is 0.306 e. The predicted molar refractivity (Wildman–Crippen MR) is 113 cm³/mol. The Morgan fingerprint density at radius 2 is 1.86 bits per heavy atom. The van der Waals surface area contributed by atoms with E-state index in [-0.39, 0.29) is 11.8 Å². The number of fused-ring (bicyclic) bond motifs is 1. The number of aromatic nitrogens is 2. The van der Waals surface area contributed by atoms with Crippen molar-refractivity contribution in [3.8, 4) is 0 Å². The van der Waals surface area contributed by atoms with Crippen LogP contribution in [0.3, 0.4) is 0 Å². The minimum atomic E-state index is -0.676. The van der Waals surface area contributed by atoms with E-state index < -0.39 is 5.97 Å². The maximum atomic E-state index is 11.2. The Balaban J connectivity index is 1.64. The van der Waals surface area contributed by atoms with Gasteiger partial charge in [0.15, 0.2) is 0 Å². The normalized spacial score (nSPS) is 19.6. The molecule has 0 saturated heterocycles. The number of carbonyl (C=O) groups is 1. The van der Waals surface area contributed by atoms with E-state index in [1.807, 2.05) is 18.2 Å². The summed E-state index contributed by atoms with van der Waals surface area (Å²) in [7, 11) is 0. The maximum absolute atomic E-state index is 11.2. The van der Waals surface area contributed by atoms with Crippen molar-refractivity contribution in [2.24, 2.45) is 5.92 Å². The number of aryl methyl sites for hydroxylation is 2. The van der Waals surface area contributed by atoms with Crippen LogP contribution in [0, 0.1) is 19.8 Å². The number of carboxylic acids is 1. The molecule has 28 heavy (non-hydrogen) atoms. The average molecular weight is 396 g/mol. The van der Waals surface area contributed by atoms with Crippen molar-refractivity contribution in [3.05, 3.63) is 52.2 Å². The van der Waals surface area contributed by atoms with Crippen LogP contribution in [0.1, 0.15) is 53.4 Å². The van der Waals surface area contributed by atoms with Gasteiger partial charge >= 0.3 is 5.97 Å². The van der Waals surface area contributed by atoms with Crippen LogP contribution in [0.5, 0.6) is 0 Å². The van der Waals surface area contributed by atoms with Crippen LogP contribution in [0.15, 0.2) is 30.3 Å². The monoisotopic (exact) mass is 395 g/mol. The summed E-state index contributed by atoms with van der Waals surface area (Å²) in [5.74, 6) is 1.09. The zero-order valence-electron chi connectivity index (χ0n) is 16.2. The molecule has 1 fully saturated rings. The lowest BCUT2D eigenvalue weighted by Crippen LogP contribution is -2.21. The van der Waals surface area contributed by atoms with E-state index in [9.17, 15) is 9.90 Å². The molecule has 2 N–H and O–H groups in total. The van der Waals surface area contributed by atoms with E-state index in [0.717, 1.165) is 34.7 Å². The highest BCUT2D eigenvalue weighted by molar-refractivity contribution is 7.18. The fourth-order valence-electron chi connectivity index (χ4n) is 3.96. The number of hydrogen-bond donors (Lipinski definition) is 2. The minimum absolute atomic E-state index is 0.220. The SMILES string of the molecule is Cc1sc2nc(C3CCC(C(=O)O)CC3)nc(NCc3ccccc3)c2c1C. The largest absolute Gasteiger partial charge is 0.481 e. The van der Waals surface area contributed by atoms with Gasteiger partial charge in [-0.2, -0.15) is 0 Å². The summed E-state index contributed by atoms with van der Waals surface area (Å²) in [5, 5.41) is 13.9. The van der Waals surface area contributed by atoms with Crippen LogP contribution in [0.4, 0.5) is 5.82 Å². The van der Waals surface area contributed by atoms with Crippen molar-refractivity contribution in [2.45, 2.75) is 52.0 Å². The topological polar surface area (TPSA) is 75.1 Å². The third-order valence-electron chi connectivity index (χ3n) is 5.79. The van der Waals surface area contributed by atoms with Gasteiger partial charge in [0.25, 0.3) is 0 Å². The van der Waals surface area contributed by atoms with Crippen molar-refractivity contribution in [3.63, 3.8) is 0 Å². The van der Waals surface area contributed by atoms with Gasteiger partial charge in [-0.05, 0) is 50.7 Å². The summed E-state index contributed by atoms with van der Waals surface area (Å²) >= 11 is 1.71. The number of carboxylic acid groups (broad SMARTS) is 1. The van der Waals surface area contributed by atoms with Crippen molar-refractivity contribution in [1.82, 2.24) is 9.97 Å². The number of aliphatic carboxylic acids is 1. The van der Waals surface area contributed by atoms with Crippen LogP contribution in [-0.2, 0) is 11.3 Å². The molecule has 0 spiro atoms. The number of benzene rings is 1. The number of hydrogen-bond acceptors (Lipinski definition) is 5. The van der Waals surface area contributed by atoms with Gasteiger partial charge < -0.3 is 10.4 Å². The van der Waals surface area contributed by atoms with Gasteiger partial charge in [0.05, 0.1) is 11.3 Å². The molecule has 1 aromatic carbocycles. The first-order valence-electron chi connectivity index (χ1n) is 9.81. The van der Waals surface area contributed by atoms with Crippen LogP contribution in [0.25, 0.3) is 10.2 Å². The molecule has 0 amide bonds.